The van der Waals surface area contributed by atoms with Gasteiger partial charge in [-0.05, 0) is 30.3 Å². The van der Waals surface area contributed by atoms with Gasteiger partial charge < -0.3 is 5.32 Å². The van der Waals surface area contributed by atoms with Crippen LogP contribution in [-0.2, 0) is 6.18 Å². The van der Waals surface area contributed by atoms with Crippen molar-refractivity contribution in [3.8, 4) is 0 Å². The number of carbonyl (C=O) groups is 1. The van der Waals surface area contributed by atoms with E-state index in [4.69, 9.17) is 0 Å². The van der Waals surface area contributed by atoms with E-state index < -0.39 is 17.6 Å². The van der Waals surface area contributed by atoms with Gasteiger partial charge in [0.25, 0.3) is 5.91 Å². The van der Waals surface area contributed by atoms with E-state index in [2.05, 4.69) is 10.3 Å². The van der Waals surface area contributed by atoms with Gasteiger partial charge in [0, 0.05) is 23.6 Å². The third kappa shape index (κ3) is 3.31. The van der Waals surface area contributed by atoms with Gasteiger partial charge in [-0.1, -0.05) is 6.07 Å². The molecule has 2 aromatic rings. The molecule has 1 aromatic heterocycles. The van der Waals surface area contributed by atoms with Gasteiger partial charge in [0.2, 0.25) is 0 Å². The van der Waals surface area contributed by atoms with Crippen LogP contribution in [0.2, 0.25) is 0 Å². The second-order valence-corrected chi connectivity index (χ2v) is 3.77. The highest BCUT2D eigenvalue weighted by Crippen LogP contribution is 2.30. The Kier molecular flexibility index (Phi) is 3.50. The van der Waals surface area contributed by atoms with E-state index in [0.29, 0.717) is 5.56 Å². The van der Waals surface area contributed by atoms with Gasteiger partial charge in [-0.15, -0.1) is 0 Å². The number of carbonyl (C=O) groups excluding carboxylic acids is 1. The molecule has 6 heteroatoms. The number of hydrogen-bond donors (Lipinski definition) is 1. The van der Waals surface area contributed by atoms with Crippen LogP contribution in [0.4, 0.5) is 18.9 Å². The average Bonchev–Trinajstić information content (AvgIpc) is 2.39. The number of hydrogen-bond acceptors (Lipinski definition) is 2. The molecule has 1 heterocycles. The number of nitrogens with one attached hydrogen (secondary N) is 1. The lowest BCUT2D eigenvalue weighted by Crippen LogP contribution is -2.13. The molecule has 0 saturated carbocycles. The largest absolute Gasteiger partial charge is 0.416 e. The molecule has 2 rings (SSSR count). The summed E-state index contributed by atoms with van der Waals surface area (Å²) in [4.78, 5) is 15.5. The van der Waals surface area contributed by atoms with Crippen LogP contribution in [0.5, 0.6) is 0 Å². The Bertz CT molecular complexity index is 582. The Balaban J connectivity index is 2.18. The predicted molar refractivity (Wildman–Crippen MR) is 63.6 cm³/mol. The molecule has 0 atom stereocenters. The molecule has 0 fully saturated rings. The number of pyridine rings is 1. The standard InChI is InChI=1S/C13H9F3N2O/c14-13(15,16)10-2-1-3-11(8-10)18-12(19)9-4-6-17-7-5-9/h1-8H,(H,18,19). The van der Waals surface area contributed by atoms with Crippen molar-refractivity contribution in [2.24, 2.45) is 0 Å². The lowest BCUT2D eigenvalue weighted by atomic mass is 10.2. The first kappa shape index (κ1) is 13.1. The number of anilines is 1. The fourth-order valence-corrected chi connectivity index (χ4v) is 1.48. The Hall–Kier alpha value is -2.37. The molecule has 1 aromatic carbocycles. The fraction of sp³-hybridized carbons (Fsp3) is 0.0769. The lowest BCUT2D eigenvalue weighted by molar-refractivity contribution is -0.137. The van der Waals surface area contributed by atoms with Crippen molar-refractivity contribution in [2.75, 3.05) is 5.32 Å². The van der Waals surface area contributed by atoms with Crippen molar-refractivity contribution >= 4 is 11.6 Å². The number of amides is 1. The van der Waals surface area contributed by atoms with Crippen molar-refractivity contribution in [2.45, 2.75) is 6.18 Å². The summed E-state index contributed by atoms with van der Waals surface area (Å²) in [5, 5.41) is 2.40. The van der Waals surface area contributed by atoms with E-state index in [0.717, 1.165) is 12.1 Å². The minimum atomic E-state index is -4.43. The number of nitrogens with zero attached hydrogens (tertiary/aromatic N) is 1. The lowest BCUT2D eigenvalue weighted by Gasteiger charge is -2.09. The van der Waals surface area contributed by atoms with E-state index in [1.807, 2.05) is 0 Å². The first-order valence-corrected chi connectivity index (χ1v) is 5.35. The SMILES string of the molecule is O=C(Nc1cccc(C(F)(F)F)c1)c1ccncc1. The van der Waals surface area contributed by atoms with Crippen LogP contribution >= 0.6 is 0 Å². The van der Waals surface area contributed by atoms with E-state index in [9.17, 15) is 18.0 Å². The van der Waals surface area contributed by atoms with E-state index in [-0.39, 0.29) is 5.69 Å². The second kappa shape index (κ2) is 5.09. The van der Waals surface area contributed by atoms with Gasteiger partial charge in [-0.3, -0.25) is 9.78 Å². The zero-order valence-corrected chi connectivity index (χ0v) is 9.61. The maximum Gasteiger partial charge on any atom is 0.416 e. The second-order valence-electron chi connectivity index (χ2n) is 3.77. The number of alkyl halides is 3. The molecule has 1 N–H and O–H groups in total. The third-order valence-corrected chi connectivity index (χ3v) is 2.39. The summed E-state index contributed by atoms with van der Waals surface area (Å²) in [5.41, 5.74) is -0.385. The molecule has 3 nitrogen and oxygen atoms in total. The normalized spacial score (nSPS) is 11.1. The summed E-state index contributed by atoms with van der Waals surface area (Å²) in [5.74, 6) is -0.485. The highest BCUT2D eigenvalue weighted by molar-refractivity contribution is 6.04. The summed E-state index contributed by atoms with van der Waals surface area (Å²) in [6, 6.07) is 7.42. The van der Waals surface area contributed by atoms with E-state index in [1.165, 1.54) is 36.7 Å². The smallest absolute Gasteiger partial charge is 0.322 e. The monoisotopic (exact) mass is 266 g/mol. The quantitative estimate of drug-likeness (QED) is 0.905. The highest BCUT2D eigenvalue weighted by Gasteiger charge is 2.30. The minimum absolute atomic E-state index is 0.0941. The zero-order valence-electron chi connectivity index (χ0n) is 9.61. The molecular weight excluding hydrogens is 257 g/mol. The Morgan fingerprint density at radius 2 is 1.79 bits per heavy atom. The Morgan fingerprint density at radius 1 is 1.11 bits per heavy atom. The van der Waals surface area contributed by atoms with Crippen molar-refractivity contribution in [1.82, 2.24) is 4.98 Å². The Morgan fingerprint density at radius 3 is 2.42 bits per heavy atom. The first-order valence-electron chi connectivity index (χ1n) is 5.35. The molecule has 98 valence electrons. The number of benzene rings is 1. The van der Waals surface area contributed by atoms with Crippen LogP contribution in [-0.4, -0.2) is 10.9 Å². The molecule has 0 radical (unpaired) electrons. The molecule has 1 amide bonds. The van der Waals surface area contributed by atoms with Crippen molar-refractivity contribution in [1.29, 1.82) is 0 Å². The van der Waals surface area contributed by atoms with Gasteiger partial charge in [-0.2, -0.15) is 13.2 Å². The molecule has 0 aliphatic rings. The van der Waals surface area contributed by atoms with Crippen LogP contribution in [0.15, 0.2) is 48.8 Å². The summed E-state index contributed by atoms with van der Waals surface area (Å²) in [6.45, 7) is 0. The molecule has 0 unspecified atom stereocenters. The average molecular weight is 266 g/mol. The van der Waals surface area contributed by atoms with Crippen molar-refractivity contribution in [3.63, 3.8) is 0 Å². The number of rotatable bonds is 2. The molecule has 0 aliphatic carbocycles. The predicted octanol–water partition coefficient (Wildman–Crippen LogP) is 3.35. The molecule has 0 spiro atoms. The van der Waals surface area contributed by atoms with Crippen LogP contribution in [0.1, 0.15) is 15.9 Å². The number of aromatic nitrogens is 1. The first-order chi connectivity index (χ1) is 8.97. The summed E-state index contributed by atoms with van der Waals surface area (Å²) in [7, 11) is 0. The third-order valence-electron chi connectivity index (χ3n) is 2.39. The fourth-order valence-electron chi connectivity index (χ4n) is 1.48. The van der Waals surface area contributed by atoms with E-state index in [1.54, 1.807) is 0 Å². The van der Waals surface area contributed by atoms with Crippen LogP contribution in [0.25, 0.3) is 0 Å². The number of halogens is 3. The molecule has 0 aliphatic heterocycles. The summed E-state index contributed by atoms with van der Waals surface area (Å²) in [6.07, 6.45) is -1.57. The highest BCUT2D eigenvalue weighted by atomic mass is 19.4. The van der Waals surface area contributed by atoms with Gasteiger partial charge in [-0.25, -0.2) is 0 Å². The molecule has 0 saturated heterocycles. The minimum Gasteiger partial charge on any atom is -0.322 e. The summed E-state index contributed by atoms with van der Waals surface area (Å²) < 4.78 is 37.5. The molecular formula is C13H9F3N2O. The van der Waals surface area contributed by atoms with Gasteiger partial charge in [0.15, 0.2) is 0 Å². The maximum atomic E-state index is 12.5. The van der Waals surface area contributed by atoms with Crippen LogP contribution in [0, 0.1) is 0 Å². The summed E-state index contributed by atoms with van der Waals surface area (Å²) >= 11 is 0. The zero-order chi connectivity index (χ0) is 13.9. The van der Waals surface area contributed by atoms with Crippen molar-refractivity contribution < 1.29 is 18.0 Å². The van der Waals surface area contributed by atoms with Crippen LogP contribution < -0.4 is 5.32 Å². The van der Waals surface area contributed by atoms with Crippen molar-refractivity contribution in [3.05, 3.63) is 59.9 Å². The van der Waals surface area contributed by atoms with E-state index >= 15 is 0 Å². The van der Waals surface area contributed by atoms with Gasteiger partial charge in [0.05, 0.1) is 5.56 Å². The van der Waals surface area contributed by atoms with Crippen LogP contribution in [0.3, 0.4) is 0 Å². The molecule has 0 bridgehead atoms. The Labute approximate surface area is 107 Å². The topological polar surface area (TPSA) is 42.0 Å². The van der Waals surface area contributed by atoms with Gasteiger partial charge >= 0.3 is 6.18 Å². The molecule has 19 heavy (non-hydrogen) atoms. The maximum absolute atomic E-state index is 12.5. The van der Waals surface area contributed by atoms with Gasteiger partial charge in [0.1, 0.15) is 0 Å².